The smallest absolute Gasteiger partial charge is 0.306 e. The Bertz CT molecular complexity index is 3000. The zero-order valence-electron chi connectivity index (χ0n) is 48.4. The minimum atomic E-state index is -4.48. The second-order valence-electron chi connectivity index (χ2n) is 22.7. The zero-order chi connectivity index (χ0) is 59.5. The second kappa shape index (κ2) is 30.8. The molecular weight excluding hydrogens is 1100 g/mol. The minimum Gasteiger partial charge on any atom is -0.306 e. The average molecular weight is 1180 g/mol. The van der Waals surface area contributed by atoms with E-state index in [9.17, 15) is 30.7 Å². The van der Waals surface area contributed by atoms with Gasteiger partial charge in [-0.25, -0.2) is 14.4 Å². The number of alkyl halides is 6. The van der Waals surface area contributed by atoms with Crippen molar-refractivity contribution in [1.29, 1.82) is 0 Å². The molecule has 0 spiro atoms. The number of hydrogen-bond donors (Lipinski definition) is 0. The van der Waals surface area contributed by atoms with Crippen molar-refractivity contribution in [1.82, 2.24) is 19.1 Å². The number of benzene rings is 6. The third kappa shape index (κ3) is 21.2. The maximum atomic E-state index is 12.8. The SMILES string of the molecule is CC(C)(C)Sc1ccc(B(c2ccc(SC(C)(C)C)cc2)C2CCCCC2)cc1.CCB(c1cccc(C(F)(F)F)c1)c1cccc(C(F)(F)F)c1.CCCCCCc1ccc(-n2ccnc2)cc1.Fc1ccc(-n2ccnc2)c(Cl)c1. The summed E-state index contributed by atoms with van der Waals surface area (Å²) >= 11 is 9.75. The molecule has 4 nitrogen and oxygen atoms in total. The van der Waals surface area contributed by atoms with E-state index in [1.807, 2.05) is 40.6 Å². The molecule has 434 valence electrons. The highest BCUT2D eigenvalue weighted by molar-refractivity contribution is 8.00. The molecule has 16 heteroatoms. The van der Waals surface area contributed by atoms with Crippen molar-refractivity contribution in [3.63, 3.8) is 0 Å². The third-order valence-electron chi connectivity index (χ3n) is 13.8. The highest BCUT2D eigenvalue weighted by Gasteiger charge is 2.34. The molecule has 0 bridgehead atoms. The average Bonchev–Trinajstić information content (AvgIpc) is 4.27. The van der Waals surface area contributed by atoms with Crippen LogP contribution in [0.1, 0.15) is 130 Å². The summed E-state index contributed by atoms with van der Waals surface area (Å²) in [5.41, 5.74) is 5.41. The van der Waals surface area contributed by atoms with Gasteiger partial charge >= 0.3 is 12.4 Å². The molecule has 1 fully saturated rings. The van der Waals surface area contributed by atoms with Crippen LogP contribution in [0.5, 0.6) is 0 Å². The van der Waals surface area contributed by atoms with Crippen LogP contribution < -0.4 is 21.9 Å². The molecule has 0 unspecified atom stereocenters. The van der Waals surface area contributed by atoms with Crippen LogP contribution in [0.3, 0.4) is 0 Å². The van der Waals surface area contributed by atoms with E-state index in [-0.39, 0.29) is 15.3 Å². The van der Waals surface area contributed by atoms with Gasteiger partial charge in [-0.15, -0.1) is 23.5 Å². The molecule has 0 aliphatic heterocycles. The molecule has 2 aromatic heterocycles. The fourth-order valence-corrected chi connectivity index (χ4v) is 12.2. The van der Waals surface area contributed by atoms with Crippen molar-refractivity contribution in [3.8, 4) is 11.4 Å². The molecule has 1 aliphatic carbocycles. The molecule has 82 heavy (non-hydrogen) atoms. The monoisotopic (exact) mass is 1180 g/mol. The Balaban J connectivity index is 0.000000183. The Morgan fingerprint density at radius 2 is 1.06 bits per heavy atom. The molecule has 0 saturated heterocycles. The minimum absolute atomic E-state index is 0.255. The van der Waals surface area contributed by atoms with Crippen LogP contribution in [-0.2, 0) is 18.8 Å². The van der Waals surface area contributed by atoms with Crippen molar-refractivity contribution in [2.75, 3.05) is 0 Å². The lowest BCUT2D eigenvalue weighted by Gasteiger charge is -2.29. The first kappa shape index (κ1) is 65.5. The third-order valence-corrected chi connectivity index (χ3v) is 16.4. The van der Waals surface area contributed by atoms with E-state index in [2.05, 4.69) is 131 Å². The highest BCUT2D eigenvalue weighted by atomic mass is 35.5. The summed E-state index contributed by atoms with van der Waals surface area (Å²) in [6.45, 7) is 17.7. The summed E-state index contributed by atoms with van der Waals surface area (Å²) in [4.78, 5) is 10.7. The van der Waals surface area contributed by atoms with Crippen LogP contribution in [0.25, 0.3) is 11.4 Å². The van der Waals surface area contributed by atoms with Crippen LogP contribution in [0.2, 0.25) is 17.2 Å². The van der Waals surface area contributed by atoms with Gasteiger partial charge in [-0.2, -0.15) is 26.3 Å². The standard InChI is InChI=1S/C26H37BS2.C16H13BF6.C15H20N2.C9H6ClFN2/c1-25(2,3)28-23-16-12-21(13-17-23)27(20-10-8-7-9-11-20)22-14-18-24(19-15-22)29-26(4,5)6;1-2-17(13-7-3-5-11(9-13)15(18,19)20)14-8-4-6-12(10-14)16(21,22)23;1-2-3-4-5-6-14-7-9-15(10-8-14)17-12-11-16-13-17;10-8-5-7(11)1-2-9(8)13-4-3-12-6-13/h12-20H,7-11H2,1-6H3;3-10H,2H2,1H3;7-13H,2-6H2,1H3;1-6H. The van der Waals surface area contributed by atoms with E-state index >= 15 is 0 Å². The van der Waals surface area contributed by atoms with E-state index in [4.69, 9.17) is 11.6 Å². The van der Waals surface area contributed by atoms with Gasteiger partial charge in [0, 0.05) is 49.8 Å². The Hall–Kier alpha value is -5.63. The quantitative estimate of drug-likeness (QED) is 0.0444. The normalized spacial score (nSPS) is 13.0. The van der Waals surface area contributed by atoms with Gasteiger partial charge in [0.1, 0.15) is 5.82 Å². The van der Waals surface area contributed by atoms with Gasteiger partial charge < -0.3 is 9.13 Å². The first-order valence-electron chi connectivity index (χ1n) is 28.3. The molecule has 1 aliphatic rings. The molecule has 8 aromatic rings. The molecule has 2 heterocycles. The lowest BCUT2D eigenvalue weighted by Crippen LogP contribution is -2.46. The van der Waals surface area contributed by atoms with Crippen LogP contribution in [0.4, 0.5) is 30.7 Å². The number of nitrogens with zero attached hydrogens (tertiary/aromatic N) is 4. The fraction of sp³-hybridized carbons (Fsp3) is 0.364. The van der Waals surface area contributed by atoms with Gasteiger partial charge in [-0.1, -0.05) is 237 Å². The van der Waals surface area contributed by atoms with Crippen molar-refractivity contribution < 1.29 is 30.7 Å². The summed E-state index contributed by atoms with van der Waals surface area (Å²) in [6.07, 6.45) is 15.4. The molecule has 0 radical (unpaired) electrons. The predicted octanol–water partition coefficient (Wildman–Crippen LogP) is 18.4. The molecule has 1 saturated carbocycles. The van der Waals surface area contributed by atoms with Gasteiger partial charge in [0.2, 0.25) is 13.4 Å². The van der Waals surface area contributed by atoms with Gasteiger partial charge in [0.15, 0.2) is 0 Å². The fourth-order valence-electron chi connectivity index (χ4n) is 10.0. The predicted molar refractivity (Wildman–Crippen MR) is 334 cm³/mol. The summed E-state index contributed by atoms with van der Waals surface area (Å²) in [5, 5.41) is 0.373. The van der Waals surface area contributed by atoms with E-state index < -0.39 is 30.2 Å². The lowest BCUT2D eigenvalue weighted by atomic mass is 9.32. The highest BCUT2D eigenvalue weighted by Crippen LogP contribution is 2.36. The number of unbranched alkanes of at least 4 members (excludes halogenated alkanes) is 3. The number of rotatable bonds is 15. The largest absolute Gasteiger partial charge is 0.416 e. The first-order valence-corrected chi connectivity index (χ1v) is 30.3. The Morgan fingerprint density at radius 3 is 1.49 bits per heavy atom. The van der Waals surface area contributed by atoms with Crippen molar-refractivity contribution in [2.45, 2.75) is 163 Å². The van der Waals surface area contributed by atoms with Crippen LogP contribution >= 0.6 is 35.1 Å². The van der Waals surface area contributed by atoms with E-state index in [1.165, 1.54) is 133 Å². The van der Waals surface area contributed by atoms with Crippen LogP contribution in [0, 0.1) is 5.82 Å². The molecule has 6 aromatic carbocycles. The summed E-state index contributed by atoms with van der Waals surface area (Å²) in [7, 11) is 0. The van der Waals surface area contributed by atoms with Crippen LogP contribution in [0.15, 0.2) is 187 Å². The molecule has 0 N–H and O–H groups in total. The number of aromatic nitrogens is 4. The van der Waals surface area contributed by atoms with Gasteiger partial charge in [0.25, 0.3) is 0 Å². The summed E-state index contributed by atoms with van der Waals surface area (Å²) < 4.78 is 93.8. The number of thioether (sulfide) groups is 2. The van der Waals surface area contributed by atoms with Crippen molar-refractivity contribution in [3.05, 3.63) is 204 Å². The summed E-state index contributed by atoms with van der Waals surface area (Å²) in [6, 6.07) is 41.4. The number of imidazole rings is 2. The van der Waals surface area contributed by atoms with E-state index in [0.717, 1.165) is 35.8 Å². The van der Waals surface area contributed by atoms with E-state index in [1.54, 1.807) is 42.5 Å². The molecule has 0 amide bonds. The van der Waals surface area contributed by atoms with Crippen molar-refractivity contribution >= 4 is 70.4 Å². The maximum Gasteiger partial charge on any atom is 0.416 e. The topological polar surface area (TPSA) is 35.6 Å². The molecular formula is C66H76B2ClF7N4S2. The van der Waals surface area contributed by atoms with Gasteiger partial charge in [-0.05, 0) is 73.0 Å². The summed E-state index contributed by atoms with van der Waals surface area (Å²) in [5.74, 6) is 0.430. The number of aryl methyl sites for hydroxylation is 1. The lowest BCUT2D eigenvalue weighted by molar-refractivity contribution is -0.138. The van der Waals surface area contributed by atoms with Crippen molar-refractivity contribution in [2.24, 2.45) is 0 Å². The molecule has 0 atom stereocenters. The van der Waals surface area contributed by atoms with Crippen LogP contribution in [-0.4, -0.2) is 42.0 Å². The number of hydrogen-bond acceptors (Lipinski definition) is 4. The zero-order valence-corrected chi connectivity index (χ0v) is 50.8. The Morgan fingerprint density at radius 1 is 0.561 bits per heavy atom. The maximum absolute atomic E-state index is 12.8. The van der Waals surface area contributed by atoms with Gasteiger partial charge in [-0.3, -0.25) is 0 Å². The van der Waals surface area contributed by atoms with E-state index in [0.29, 0.717) is 29.0 Å². The molecule has 9 rings (SSSR count). The first-order chi connectivity index (χ1) is 38.9. The Labute approximate surface area is 496 Å². The Kier molecular flexibility index (Phi) is 24.6. The van der Waals surface area contributed by atoms with Gasteiger partial charge in [0.05, 0.1) is 34.5 Å². The second-order valence-corrected chi connectivity index (χ2v) is 26.9. The number of halogens is 8.